The molecule has 0 saturated heterocycles. The highest BCUT2D eigenvalue weighted by Gasteiger charge is 2.51. The van der Waals surface area contributed by atoms with E-state index in [0.29, 0.717) is 23.0 Å². The van der Waals surface area contributed by atoms with Crippen LogP contribution in [0.5, 0.6) is 5.75 Å². The van der Waals surface area contributed by atoms with Gasteiger partial charge in [-0.15, -0.1) is 0 Å². The maximum atomic E-state index is 11.7. The Morgan fingerprint density at radius 2 is 1.59 bits per heavy atom. The van der Waals surface area contributed by atoms with Gasteiger partial charge in [0.1, 0.15) is 5.75 Å². The molecule has 0 amide bonds. The number of fused-ring (bicyclic) bond motifs is 6. The SMILES string of the molecule is O=c1ccc2c([C@@H](O)CNC34Cc5ccccc5C3c3ccccc3C4)ccc(O)c2[nH]1. The van der Waals surface area contributed by atoms with Gasteiger partial charge in [0, 0.05) is 29.5 Å². The van der Waals surface area contributed by atoms with Crippen LogP contribution >= 0.6 is 0 Å². The molecule has 0 bridgehead atoms. The van der Waals surface area contributed by atoms with Crippen LogP contribution in [0.1, 0.15) is 39.8 Å². The number of aromatic nitrogens is 1. The molecular weight excluding hydrogens is 400 g/mol. The molecule has 2 aliphatic carbocycles. The number of phenols is 1. The molecule has 4 N–H and O–H groups in total. The average molecular weight is 425 g/mol. The van der Waals surface area contributed by atoms with Gasteiger partial charge in [-0.2, -0.15) is 0 Å². The molecule has 3 aromatic carbocycles. The van der Waals surface area contributed by atoms with E-state index >= 15 is 0 Å². The molecule has 0 unspecified atom stereocenters. The summed E-state index contributed by atoms with van der Waals surface area (Å²) in [7, 11) is 0. The number of hydrogen-bond donors (Lipinski definition) is 4. The van der Waals surface area contributed by atoms with Crippen LogP contribution in [0.25, 0.3) is 10.9 Å². The molecule has 4 aromatic rings. The fraction of sp³-hybridized carbons (Fsp3) is 0.222. The van der Waals surface area contributed by atoms with E-state index in [4.69, 9.17) is 0 Å². The summed E-state index contributed by atoms with van der Waals surface area (Å²) >= 11 is 0. The summed E-state index contributed by atoms with van der Waals surface area (Å²) in [6, 6.07) is 23.6. The molecule has 6 rings (SSSR count). The Hall–Kier alpha value is -3.41. The highest BCUT2D eigenvalue weighted by Crippen LogP contribution is 2.52. The molecule has 0 saturated carbocycles. The van der Waals surface area contributed by atoms with Gasteiger partial charge in [-0.3, -0.25) is 4.79 Å². The number of nitrogens with one attached hydrogen (secondary N) is 2. The Balaban J connectivity index is 1.34. The first kappa shape index (κ1) is 19.3. The number of aromatic amines is 1. The smallest absolute Gasteiger partial charge is 0.248 e. The number of β-amino-alcohol motifs (C(OH)–C–C–N with tert-alkyl or cyclic N) is 1. The lowest BCUT2D eigenvalue weighted by Gasteiger charge is -2.33. The van der Waals surface area contributed by atoms with Crippen molar-refractivity contribution in [2.24, 2.45) is 0 Å². The zero-order chi connectivity index (χ0) is 21.9. The third kappa shape index (κ3) is 2.82. The van der Waals surface area contributed by atoms with Gasteiger partial charge in [-0.05, 0) is 52.8 Å². The van der Waals surface area contributed by atoms with Gasteiger partial charge >= 0.3 is 0 Å². The molecule has 0 aliphatic heterocycles. The highest BCUT2D eigenvalue weighted by molar-refractivity contribution is 5.87. The van der Waals surface area contributed by atoms with Gasteiger partial charge in [0.15, 0.2) is 0 Å². The number of H-pyrrole nitrogens is 1. The minimum absolute atomic E-state index is 0.00208. The molecule has 0 fully saturated rings. The number of pyridine rings is 1. The summed E-state index contributed by atoms with van der Waals surface area (Å²) in [5.74, 6) is 0.257. The number of benzene rings is 3. The quantitative estimate of drug-likeness (QED) is 0.404. The van der Waals surface area contributed by atoms with Crippen LogP contribution in [0.3, 0.4) is 0 Å². The minimum atomic E-state index is -0.786. The van der Waals surface area contributed by atoms with Crippen LogP contribution in [-0.2, 0) is 12.8 Å². The Bertz CT molecular complexity index is 1360. The molecule has 5 nitrogen and oxygen atoms in total. The van der Waals surface area contributed by atoms with Crippen molar-refractivity contribution in [2.75, 3.05) is 6.54 Å². The van der Waals surface area contributed by atoms with Gasteiger partial charge in [-0.1, -0.05) is 54.6 Å². The fourth-order valence-corrected chi connectivity index (χ4v) is 5.85. The summed E-state index contributed by atoms with van der Waals surface area (Å²) in [5.41, 5.74) is 6.04. The van der Waals surface area contributed by atoms with Crippen LogP contribution in [0, 0.1) is 0 Å². The second-order valence-corrected chi connectivity index (χ2v) is 9.02. The molecule has 160 valence electrons. The van der Waals surface area contributed by atoms with Crippen molar-refractivity contribution >= 4 is 10.9 Å². The zero-order valence-electron chi connectivity index (χ0n) is 17.5. The summed E-state index contributed by atoms with van der Waals surface area (Å²) < 4.78 is 0. The lowest BCUT2D eigenvalue weighted by molar-refractivity contribution is 0.156. The Kier molecular flexibility index (Phi) is 4.25. The van der Waals surface area contributed by atoms with Gasteiger partial charge < -0.3 is 20.5 Å². The van der Waals surface area contributed by atoms with E-state index in [1.807, 2.05) is 0 Å². The highest BCUT2D eigenvalue weighted by atomic mass is 16.3. The Morgan fingerprint density at radius 1 is 0.938 bits per heavy atom. The van der Waals surface area contributed by atoms with Crippen LogP contribution in [0.4, 0.5) is 0 Å². The summed E-state index contributed by atoms with van der Waals surface area (Å²) in [4.78, 5) is 14.4. The molecule has 2 aliphatic rings. The predicted octanol–water partition coefficient (Wildman–Crippen LogP) is 3.54. The fourth-order valence-electron chi connectivity index (χ4n) is 5.85. The van der Waals surface area contributed by atoms with Gasteiger partial charge in [0.25, 0.3) is 0 Å². The number of aliphatic hydroxyl groups is 1. The number of phenolic OH excluding ortho intramolecular Hbond substituents is 1. The molecule has 0 spiro atoms. The van der Waals surface area contributed by atoms with Crippen LogP contribution < -0.4 is 10.9 Å². The van der Waals surface area contributed by atoms with Gasteiger partial charge in [-0.25, -0.2) is 0 Å². The van der Waals surface area contributed by atoms with E-state index in [1.54, 1.807) is 12.1 Å². The van der Waals surface area contributed by atoms with E-state index in [2.05, 4.69) is 58.8 Å². The molecule has 1 atom stereocenters. The van der Waals surface area contributed by atoms with Crippen LogP contribution in [-0.4, -0.2) is 27.3 Å². The number of aromatic hydroxyl groups is 1. The summed E-state index contributed by atoms with van der Waals surface area (Å²) in [6.45, 7) is 0.372. The Morgan fingerprint density at radius 3 is 2.28 bits per heavy atom. The Labute approximate surface area is 185 Å². The van der Waals surface area contributed by atoms with E-state index < -0.39 is 6.10 Å². The molecule has 1 heterocycles. The largest absolute Gasteiger partial charge is 0.506 e. The monoisotopic (exact) mass is 424 g/mol. The van der Waals surface area contributed by atoms with Crippen molar-refractivity contribution in [2.45, 2.75) is 30.4 Å². The number of hydrogen-bond acceptors (Lipinski definition) is 4. The maximum absolute atomic E-state index is 11.7. The number of aliphatic hydroxyl groups excluding tert-OH is 1. The molecule has 1 aromatic heterocycles. The van der Waals surface area contributed by atoms with E-state index in [9.17, 15) is 15.0 Å². The normalized spacial score (nSPS) is 21.8. The van der Waals surface area contributed by atoms with E-state index in [-0.39, 0.29) is 22.8 Å². The third-order valence-corrected chi connectivity index (χ3v) is 7.21. The first-order valence-electron chi connectivity index (χ1n) is 11.0. The van der Waals surface area contributed by atoms with Crippen LogP contribution in [0.2, 0.25) is 0 Å². The third-order valence-electron chi connectivity index (χ3n) is 7.21. The van der Waals surface area contributed by atoms with Crippen molar-refractivity contribution in [3.63, 3.8) is 0 Å². The lowest BCUT2D eigenvalue weighted by atomic mass is 9.85. The van der Waals surface area contributed by atoms with E-state index in [0.717, 1.165) is 12.8 Å². The average Bonchev–Trinajstić information content (AvgIpc) is 3.29. The molecular formula is C27H24N2O3. The maximum Gasteiger partial charge on any atom is 0.248 e. The second kappa shape index (κ2) is 7.05. The van der Waals surface area contributed by atoms with Crippen molar-refractivity contribution in [3.8, 4) is 5.75 Å². The van der Waals surface area contributed by atoms with Crippen molar-refractivity contribution < 1.29 is 10.2 Å². The van der Waals surface area contributed by atoms with Gasteiger partial charge in [0.05, 0.1) is 11.6 Å². The van der Waals surface area contributed by atoms with E-state index in [1.165, 1.54) is 34.4 Å². The van der Waals surface area contributed by atoms with Crippen LogP contribution in [0.15, 0.2) is 77.6 Å². The zero-order valence-corrected chi connectivity index (χ0v) is 17.5. The molecule has 0 radical (unpaired) electrons. The summed E-state index contributed by atoms with van der Waals surface area (Å²) in [6.07, 6.45) is 1.05. The molecule has 5 heteroatoms. The first-order valence-corrected chi connectivity index (χ1v) is 11.0. The summed E-state index contributed by atoms with van der Waals surface area (Å²) in [5, 5.41) is 25.7. The standard InChI is InChI=1S/C27H24N2O3/c30-22-11-9-20(21-10-12-24(32)29-26(21)22)23(31)15-28-27-13-16-5-1-3-7-18(16)25(27)19-8-4-2-6-17(19)14-27/h1-12,23,25,28,30-31H,13-15H2,(H,29,32)/t23-,25?,27?/m0/s1. The number of rotatable bonds is 4. The van der Waals surface area contributed by atoms with Crippen molar-refractivity contribution in [3.05, 3.63) is 111 Å². The van der Waals surface area contributed by atoms with Crippen molar-refractivity contribution in [1.29, 1.82) is 0 Å². The molecule has 32 heavy (non-hydrogen) atoms. The second-order valence-electron chi connectivity index (χ2n) is 9.02. The van der Waals surface area contributed by atoms with Crippen molar-refractivity contribution in [1.82, 2.24) is 10.3 Å². The predicted molar refractivity (Wildman–Crippen MR) is 124 cm³/mol. The topological polar surface area (TPSA) is 85.3 Å². The first-order chi connectivity index (χ1) is 15.6. The van der Waals surface area contributed by atoms with Gasteiger partial charge in [0.2, 0.25) is 5.56 Å². The lowest BCUT2D eigenvalue weighted by Crippen LogP contribution is -2.49. The minimum Gasteiger partial charge on any atom is -0.506 e.